The lowest BCUT2D eigenvalue weighted by molar-refractivity contribution is -0.870. The van der Waals surface area contributed by atoms with Crippen LogP contribution in [0.25, 0.3) is 0 Å². The smallest absolute Gasteiger partial charge is 0.268 e. The van der Waals surface area contributed by atoms with Gasteiger partial charge in [0, 0.05) is 19.4 Å². The number of ketones is 1. The highest BCUT2D eigenvalue weighted by Crippen LogP contribution is 2.38. The van der Waals surface area contributed by atoms with Gasteiger partial charge in [-0.1, -0.05) is 71.1 Å². The molecule has 0 spiro atoms. The molecule has 0 aliphatic carbocycles. The monoisotopic (exact) mass is 523 g/mol. The molecule has 2 unspecified atom stereocenters. The number of carbonyl (C=O) groups excluding carboxylic acids is 1. The molecule has 1 N–H and O–H groups in total. The number of hydrogen-bond donors (Lipinski definition) is 1. The van der Waals surface area contributed by atoms with Crippen molar-refractivity contribution in [3.8, 4) is 0 Å². The van der Waals surface area contributed by atoms with Crippen LogP contribution in [0.2, 0.25) is 0 Å². The van der Waals surface area contributed by atoms with Crippen molar-refractivity contribution in [1.82, 2.24) is 0 Å². The highest BCUT2D eigenvalue weighted by Gasteiger charge is 2.15. The molecule has 0 saturated carbocycles. The molecule has 0 aliphatic heterocycles. The first-order chi connectivity index (χ1) is 16.6. The van der Waals surface area contributed by atoms with E-state index in [2.05, 4.69) is 6.92 Å². The molecule has 9 heteroatoms. The molecule has 0 aromatic rings. The number of phosphoric ester groups is 1. The summed E-state index contributed by atoms with van der Waals surface area (Å²) in [5, 5.41) is 9.83. The quantitative estimate of drug-likeness (QED) is 0.0965. The fraction of sp³-hybridized carbons (Fsp3) is 0.962. The van der Waals surface area contributed by atoms with Crippen molar-refractivity contribution in [2.24, 2.45) is 0 Å². The van der Waals surface area contributed by atoms with Crippen LogP contribution in [0.1, 0.15) is 103 Å². The molecular weight excluding hydrogens is 469 g/mol. The maximum absolute atomic E-state index is 12.0. The van der Waals surface area contributed by atoms with Gasteiger partial charge in [0.15, 0.2) is 0 Å². The zero-order valence-electron chi connectivity index (χ0n) is 23.0. The van der Waals surface area contributed by atoms with E-state index in [9.17, 15) is 19.4 Å². The zero-order valence-corrected chi connectivity index (χ0v) is 23.9. The minimum atomic E-state index is -4.42. The van der Waals surface area contributed by atoms with Gasteiger partial charge in [-0.2, -0.15) is 0 Å². The van der Waals surface area contributed by atoms with Crippen LogP contribution in [0, 0.1) is 0 Å². The van der Waals surface area contributed by atoms with Gasteiger partial charge in [0.1, 0.15) is 25.0 Å². The first-order valence-electron chi connectivity index (χ1n) is 13.7. The lowest BCUT2D eigenvalue weighted by atomic mass is 10.0. The Kier molecular flexibility index (Phi) is 21.5. The summed E-state index contributed by atoms with van der Waals surface area (Å²) in [5.74, 6) is 0.379. The third kappa shape index (κ3) is 26.5. The van der Waals surface area contributed by atoms with E-state index >= 15 is 0 Å². The van der Waals surface area contributed by atoms with Gasteiger partial charge in [0.25, 0.3) is 7.82 Å². The number of carbonyl (C=O) groups is 1. The maximum atomic E-state index is 12.0. The van der Waals surface area contributed by atoms with Gasteiger partial charge in [0.05, 0.1) is 34.4 Å². The van der Waals surface area contributed by atoms with Crippen LogP contribution in [0.3, 0.4) is 0 Å². The molecule has 0 aromatic carbocycles. The van der Waals surface area contributed by atoms with Gasteiger partial charge in [-0.15, -0.1) is 0 Å². The molecule has 0 aliphatic rings. The summed E-state index contributed by atoms with van der Waals surface area (Å²) in [7, 11) is 1.37. The van der Waals surface area contributed by atoms with Gasteiger partial charge in [-0.25, -0.2) is 0 Å². The van der Waals surface area contributed by atoms with Crippen molar-refractivity contribution in [2.45, 2.75) is 109 Å². The Morgan fingerprint density at radius 1 is 0.800 bits per heavy atom. The summed E-state index contributed by atoms with van der Waals surface area (Å²) in [5.41, 5.74) is 0. The van der Waals surface area contributed by atoms with E-state index in [1.54, 1.807) is 0 Å². The number of likely N-dealkylation sites (N-methyl/N-ethyl adjacent to an activating group) is 1. The number of phosphoric acid groups is 1. The Labute approximate surface area is 214 Å². The van der Waals surface area contributed by atoms with Crippen LogP contribution in [0.15, 0.2) is 0 Å². The lowest BCUT2D eigenvalue weighted by Gasteiger charge is -2.27. The number of rotatable bonds is 26. The molecule has 0 amide bonds. The number of Topliss-reactive ketones (excluding diaryl/α,β-unsaturated/α-hetero) is 1. The Hall–Kier alpha value is -0.340. The summed E-state index contributed by atoms with van der Waals surface area (Å²) in [6.45, 7) is 2.90. The van der Waals surface area contributed by atoms with Crippen molar-refractivity contribution >= 4 is 13.6 Å². The van der Waals surface area contributed by atoms with Crippen LogP contribution in [-0.2, 0) is 23.1 Å². The third-order valence-electron chi connectivity index (χ3n) is 5.80. The van der Waals surface area contributed by atoms with E-state index < -0.39 is 13.9 Å². The normalized spacial score (nSPS) is 14.7. The summed E-state index contributed by atoms with van der Waals surface area (Å²) in [4.78, 5) is 23.7. The predicted molar refractivity (Wildman–Crippen MR) is 139 cm³/mol. The largest absolute Gasteiger partial charge is 0.756 e. The predicted octanol–water partition coefficient (Wildman–Crippen LogP) is 5.01. The topological polar surface area (TPSA) is 105 Å². The molecule has 210 valence electrons. The molecule has 8 nitrogen and oxygen atoms in total. The van der Waals surface area contributed by atoms with E-state index in [4.69, 9.17) is 13.8 Å². The third-order valence-corrected chi connectivity index (χ3v) is 6.76. The first kappa shape index (κ1) is 34.7. The lowest BCUT2D eigenvalue weighted by Crippen LogP contribution is -2.37. The van der Waals surface area contributed by atoms with Gasteiger partial charge in [0.2, 0.25) is 0 Å². The fourth-order valence-corrected chi connectivity index (χ4v) is 4.28. The Morgan fingerprint density at radius 3 is 1.86 bits per heavy atom. The van der Waals surface area contributed by atoms with E-state index in [-0.39, 0.29) is 19.8 Å². The summed E-state index contributed by atoms with van der Waals surface area (Å²) < 4.78 is 27.2. The molecule has 0 bridgehead atoms. The number of ether oxygens (including phenoxy) is 1. The fourth-order valence-electron chi connectivity index (χ4n) is 3.55. The Morgan fingerprint density at radius 2 is 1.31 bits per heavy atom. The average Bonchev–Trinajstić information content (AvgIpc) is 2.77. The zero-order chi connectivity index (χ0) is 26.4. The highest BCUT2D eigenvalue weighted by molar-refractivity contribution is 7.45. The van der Waals surface area contributed by atoms with Crippen molar-refractivity contribution in [3.05, 3.63) is 0 Å². The van der Waals surface area contributed by atoms with E-state index in [0.717, 1.165) is 38.5 Å². The summed E-state index contributed by atoms with van der Waals surface area (Å²) in [6.07, 6.45) is 15.5. The second kappa shape index (κ2) is 21.7. The SMILES string of the molecule is CCCCCCCCCCCC(=O)CCCCCCOCC(O)COP(=O)([O-])OCC[N+](C)(C)C. The van der Waals surface area contributed by atoms with Gasteiger partial charge >= 0.3 is 0 Å². The number of quaternary nitrogens is 1. The molecule has 0 aromatic heterocycles. The number of nitrogens with zero attached hydrogens (tertiary/aromatic N) is 1. The van der Waals surface area contributed by atoms with Gasteiger partial charge < -0.3 is 28.3 Å². The van der Waals surface area contributed by atoms with Crippen LogP contribution in [-0.4, -0.2) is 75.6 Å². The van der Waals surface area contributed by atoms with Crippen molar-refractivity contribution in [1.29, 1.82) is 0 Å². The van der Waals surface area contributed by atoms with Crippen LogP contribution < -0.4 is 4.89 Å². The number of unbranched alkanes of at least 4 members (excludes halogenated alkanes) is 11. The molecule has 0 fully saturated rings. The number of hydrogen-bond acceptors (Lipinski definition) is 7. The summed E-state index contributed by atoms with van der Waals surface area (Å²) >= 11 is 0. The maximum Gasteiger partial charge on any atom is 0.268 e. The molecule has 0 heterocycles. The van der Waals surface area contributed by atoms with Crippen LogP contribution in [0.5, 0.6) is 0 Å². The van der Waals surface area contributed by atoms with Gasteiger partial charge in [-0.05, 0) is 19.3 Å². The minimum Gasteiger partial charge on any atom is -0.756 e. The minimum absolute atomic E-state index is 0.0100. The molecule has 0 rings (SSSR count). The molecule has 0 radical (unpaired) electrons. The Balaban J connectivity index is 3.50. The number of aliphatic hydroxyl groups is 1. The Bertz CT molecular complexity index is 554. The second-order valence-electron chi connectivity index (χ2n) is 10.6. The van der Waals surface area contributed by atoms with E-state index in [1.807, 2.05) is 21.1 Å². The summed E-state index contributed by atoms with van der Waals surface area (Å²) in [6, 6.07) is 0. The van der Waals surface area contributed by atoms with Gasteiger partial charge in [-0.3, -0.25) is 9.36 Å². The van der Waals surface area contributed by atoms with Crippen molar-refractivity contribution in [2.75, 3.05) is 54.1 Å². The average molecular weight is 524 g/mol. The highest BCUT2D eigenvalue weighted by atomic mass is 31.2. The van der Waals surface area contributed by atoms with Crippen molar-refractivity contribution < 1.29 is 37.6 Å². The van der Waals surface area contributed by atoms with Crippen LogP contribution >= 0.6 is 7.82 Å². The number of aliphatic hydroxyl groups excluding tert-OH is 1. The molecular formula is C26H54NO7P. The van der Waals surface area contributed by atoms with Crippen LogP contribution in [0.4, 0.5) is 0 Å². The molecule has 2 atom stereocenters. The van der Waals surface area contributed by atoms with E-state index in [1.165, 1.54) is 51.4 Å². The second-order valence-corrected chi connectivity index (χ2v) is 12.0. The molecule has 35 heavy (non-hydrogen) atoms. The standard InChI is InChI=1S/C26H54NO7P/c1-5-6-7-8-9-10-11-12-15-18-25(28)19-16-13-14-17-21-32-23-26(29)24-34-35(30,31)33-22-20-27(2,3)4/h26,29H,5-24H2,1-4H3. The first-order valence-corrected chi connectivity index (χ1v) is 15.2. The van der Waals surface area contributed by atoms with Crippen molar-refractivity contribution in [3.63, 3.8) is 0 Å². The van der Waals surface area contributed by atoms with E-state index in [0.29, 0.717) is 29.8 Å². The molecule has 0 saturated heterocycles.